The maximum absolute atomic E-state index is 14.0. The van der Waals surface area contributed by atoms with Crippen LogP contribution >= 0.6 is 0 Å². The molecular formula is C39H62N6O14. The molecule has 332 valence electrons. The van der Waals surface area contributed by atoms with Gasteiger partial charge in [-0.05, 0) is 56.3 Å². The Kier molecular flexibility index (Phi) is 20.2. The predicted molar refractivity (Wildman–Crippen MR) is 208 cm³/mol. The Hall–Kier alpha value is -5.30. The monoisotopic (exact) mass is 838 g/mol. The van der Waals surface area contributed by atoms with Crippen molar-refractivity contribution in [3.05, 3.63) is 0 Å². The molecule has 59 heavy (non-hydrogen) atoms. The van der Waals surface area contributed by atoms with E-state index in [-0.39, 0.29) is 37.5 Å². The third-order valence-electron chi connectivity index (χ3n) is 10.7. The van der Waals surface area contributed by atoms with Crippen molar-refractivity contribution >= 4 is 59.3 Å². The van der Waals surface area contributed by atoms with Gasteiger partial charge in [0.15, 0.2) is 0 Å². The molecule has 0 heterocycles. The molecule has 0 aromatic rings. The number of hydrogen-bond acceptors (Lipinski definition) is 10. The average molecular weight is 839 g/mol. The Labute approximate surface area is 343 Å². The first-order valence-corrected chi connectivity index (χ1v) is 20.4. The molecule has 0 aromatic heterocycles. The fraction of sp³-hybridized carbons (Fsp3) is 0.744. The molecule has 6 atom stereocenters. The summed E-state index contributed by atoms with van der Waals surface area (Å²) in [6.07, 6.45) is 2.58. The van der Waals surface area contributed by atoms with Gasteiger partial charge >= 0.3 is 23.9 Å². The van der Waals surface area contributed by atoms with Gasteiger partial charge in [0.1, 0.15) is 35.7 Å². The summed E-state index contributed by atoms with van der Waals surface area (Å²) in [6.45, 7) is 7.01. The first kappa shape index (κ1) is 49.8. The van der Waals surface area contributed by atoms with Crippen LogP contribution < -0.4 is 31.9 Å². The topological polar surface area (TPSA) is 324 Å². The van der Waals surface area contributed by atoms with Gasteiger partial charge in [0.25, 0.3) is 0 Å². The zero-order valence-electron chi connectivity index (χ0n) is 34.3. The molecule has 0 spiro atoms. The summed E-state index contributed by atoms with van der Waals surface area (Å²) in [5.41, 5.74) is -1.39. The van der Waals surface area contributed by atoms with Crippen molar-refractivity contribution < 1.29 is 68.4 Å². The standard InChI is InChI=1S/C39H62N6O14/c1-5-22(4)32(37(57)43-27(20-23-9-7-6-8-10-23)36(56)45-39(17-18-39)38(58)59)44-35(55)26(19-21(2)3)42-34(54)25(12-15-30(49)50)41-33(53)24(11-14-29(47)48)40-28(46)13-16-31(51)52/h21-27,32H,5-20H2,1-4H3,(H,40,46)(H,41,53)(H,42,54)(H,43,57)(H,44,55)(H,45,56)(H,47,48)(H,49,50)(H,51,52)(H,58,59)/t22-,24-,25+,26-,27-,32-/m0/s1. The summed E-state index contributed by atoms with van der Waals surface area (Å²) in [4.78, 5) is 127. The van der Waals surface area contributed by atoms with E-state index < -0.39 is 140 Å². The zero-order valence-corrected chi connectivity index (χ0v) is 34.3. The van der Waals surface area contributed by atoms with Crippen LogP contribution in [0, 0.1) is 17.8 Å². The van der Waals surface area contributed by atoms with Crippen LogP contribution in [-0.2, 0) is 47.9 Å². The number of amides is 6. The molecule has 0 unspecified atom stereocenters. The average Bonchev–Trinajstić information content (AvgIpc) is 3.95. The van der Waals surface area contributed by atoms with Crippen molar-refractivity contribution in [3.8, 4) is 0 Å². The van der Waals surface area contributed by atoms with E-state index >= 15 is 0 Å². The highest BCUT2D eigenvalue weighted by atomic mass is 16.4. The Balaban J connectivity index is 2.32. The summed E-state index contributed by atoms with van der Waals surface area (Å²) >= 11 is 0. The van der Waals surface area contributed by atoms with Crippen LogP contribution in [0.15, 0.2) is 0 Å². The minimum atomic E-state index is -1.60. The van der Waals surface area contributed by atoms with Gasteiger partial charge in [0, 0.05) is 19.3 Å². The summed E-state index contributed by atoms with van der Waals surface area (Å²) in [7, 11) is 0. The highest BCUT2D eigenvalue weighted by Crippen LogP contribution is 2.36. The number of aliphatic carboxylic acids is 4. The molecule has 0 saturated heterocycles. The summed E-state index contributed by atoms with van der Waals surface area (Å²) in [6, 6.07) is -6.76. The Bertz CT molecular complexity index is 1540. The minimum absolute atomic E-state index is 0.0247. The van der Waals surface area contributed by atoms with Crippen LogP contribution in [0.2, 0.25) is 0 Å². The molecule has 0 aliphatic heterocycles. The molecule has 10 N–H and O–H groups in total. The van der Waals surface area contributed by atoms with Gasteiger partial charge in [0.05, 0.1) is 6.42 Å². The molecule has 2 aliphatic carbocycles. The number of carboxylic acids is 4. The number of hydrogen-bond donors (Lipinski definition) is 10. The summed E-state index contributed by atoms with van der Waals surface area (Å²) < 4.78 is 0. The molecular weight excluding hydrogens is 776 g/mol. The zero-order chi connectivity index (χ0) is 44.4. The molecule has 6 amide bonds. The van der Waals surface area contributed by atoms with E-state index in [1.165, 1.54) is 0 Å². The van der Waals surface area contributed by atoms with Crippen molar-refractivity contribution in [1.29, 1.82) is 0 Å². The third kappa shape index (κ3) is 17.6. The fourth-order valence-corrected chi connectivity index (χ4v) is 6.85. The quantitative estimate of drug-likeness (QED) is 0.0547. The Morgan fingerprint density at radius 2 is 1.07 bits per heavy atom. The van der Waals surface area contributed by atoms with E-state index in [0.29, 0.717) is 6.42 Å². The number of carbonyl (C=O) groups excluding carboxylic acids is 6. The van der Waals surface area contributed by atoms with Crippen LogP contribution in [0.1, 0.15) is 130 Å². The van der Waals surface area contributed by atoms with Gasteiger partial charge in [-0.1, -0.05) is 66.2 Å². The van der Waals surface area contributed by atoms with Crippen LogP contribution in [-0.4, -0.2) is 115 Å². The van der Waals surface area contributed by atoms with Crippen molar-refractivity contribution in [2.45, 2.75) is 166 Å². The van der Waals surface area contributed by atoms with E-state index in [0.717, 1.165) is 32.1 Å². The molecule has 2 rings (SSSR count). The van der Waals surface area contributed by atoms with E-state index in [2.05, 4.69) is 31.9 Å². The lowest BCUT2D eigenvalue weighted by molar-refractivity contribution is -0.144. The van der Waals surface area contributed by atoms with Crippen LogP contribution in [0.3, 0.4) is 0 Å². The summed E-state index contributed by atoms with van der Waals surface area (Å²) in [5.74, 6) is -10.8. The smallest absolute Gasteiger partial charge is 0.329 e. The number of rotatable bonds is 27. The normalized spacial score (nSPS) is 17.7. The van der Waals surface area contributed by atoms with Crippen molar-refractivity contribution in [2.24, 2.45) is 17.8 Å². The van der Waals surface area contributed by atoms with E-state index in [4.69, 9.17) is 5.11 Å². The number of carbonyl (C=O) groups is 10. The van der Waals surface area contributed by atoms with Gasteiger partial charge in [-0.2, -0.15) is 0 Å². The largest absolute Gasteiger partial charge is 0.481 e. The minimum Gasteiger partial charge on any atom is -0.481 e. The van der Waals surface area contributed by atoms with Gasteiger partial charge in [0.2, 0.25) is 35.4 Å². The molecule has 2 aliphatic rings. The second kappa shape index (κ2) is 23.9. The van der Waals surface area contributed by atoms with Gasteiger partial charge in [-0.25, -0.2) is 4.79 Å². The number of nitrogens with one attached hydrogen (secondary N) is 6. The van der Waals surface area contributed by atoms with Crippen molar-refractivity contribution in [1.82, 2.24) is 31.9 Å². The van der Waals surface area contributed by atoms with Gasteiger partial charge in [-0.15, -0.1) is 0 Å². The molecule has 0 radical (unpaired) electrons. The van der Waals surface area contributed by atoms with Crippen molar-refractivity contribution in [2.75, 3.05) is 0 Å². The second-order valence-electron chi connectivity index (χ2n) is 16.2. The van der Waals surface area contributed by atoms with E-state index in [9.17, 15) is 63.3 Å². The lowest BCUT2D eigenvalue weighted by Gasteiger charge is -2.31. The molecule has 0 aromatic carbocycles. The molecule has 2 fully saturated rings. The first-order valence-electron chi connectivity index (χ1n) is 20.4. The van der Waals surface area contributed by atoms with Gasteiger partial charge in [-0.3, -0.25) is 43.2 Å². The maximum Gasteiger partial charge on any atom is 0.329 e. The summed E-state index contributed by atoms with van der Waals surface area (Å²) in [5, 5.41) is 52.4. The van der Waals surface area contributed by atoms with Crippen molar-refractivity contribution in [3.63, 3.8) is 0 Å². The lowest BCUT2D eigenvalue weighted by Crippen LogP contribution is -2.61. The molecule has 20 nitrogen and oxygen atoms in total. The maximum atomic E-state index is 14.0. The SMILES string of the molecule is CC[C@H](C)[C@H](NC(=O)[C@H](CC(C)C)NC(=O)[C@@H](CCC(=O)O)NC(=O)[C@H](CCC(=O)O)NC(=O)CCC(=O)O)C(=O)N[C@@H](CC1CCCCC1)C(=O)NC1(C(=O)O)CC1. The van der Waals surface area contributed by atoms with E-state index in [1.54, 1.807) is 27.7 Å². The third-order valence-corrected chi connectivity index (χ3v) is 10.7. The van der Waals surface area contributed by atoms with Gasteiger partial charge < -0.3 is 52.3 Å². The predicted octanol–water partition coefficient (Wildman–Crippen LogP) is 0.801. The van der Waals surface area contributed by atoms with Crippen LogP contribution in [0.5, 0.6) is 0 Å². The second-order valence-corrected chi connectivity index (χ2v) is 16.2. The Morgan fingerprint density at radius 3 is 1.54 bits per heavy atom. The lowest BCUT2D eigenvalue weighted by atomic mass is 9.84. The highest BCUT2D eigenvalue weighted by Gasteiger charge is 2.52. The highest BCUT2D eigenvalue weighted by molar-refractivity contribution is 5.98. The Morgan fingerprint density at radius 1 is 0.576 bits per heavy atom. The molecule has 0 bridgehead atoms. The molecule has 2 saturated carbocycles. The number of carboxylic acid groups (broad SMARTS) is 4. The first-order chi connectivity index (χ1) is 27.7. The van der Waals surface area contributed by atoms with Crippen LogP contribution in [0.25, 0.3) is 0 Å². The fourth-order valence-electron chi connectivity index (χ4n) is 6.85. The van der Waals surface area contributed by atoms with E-state index in [1.807, 2.05) is 0 Å². The van der Waals surface area contributed by atoms with Crippen LogP contribution in [0.4, 0.5) is 0 Å². The molecule has 20 heteroatoms.